The van der Waals surface area contributed by atoms with Gasteiger partial charge in [-0.1, -0.05) is 0 Å². The van der Waals surface area contributed by atoms with E-state index in [9.17, 15) is 13.2 Å². The van der Waals surface area contributed by atoms with Gasteiger partial charge < -0.3 is 10.4 Å². The lowest BCUT2D eigenvalue weighted by molar-refractivity contribution is -0.124. The van der Waals surface area contributed by atoms with Crippen molar-refractivity contribution >= 4 is 15.7 Å². The Labute approximate surface area is 126 Å². The molecule has 2 N–H and O–H groups in total. The molecule has 2 saturated heterocycles. The van der Waals surface area contributed by atoms with Crippen LogP contribution < -0.4 is 5.32 Å². The van der Waals surface area contributed by atoms with Gasteiger partial charge in [-0.3, -0.25) is 9.69 Å². The normalized spacial score (nSPS) is 32.4. The van der Waals surface area contributed by atoms with Gasteiger partial charge in [0.15, 0.2) is 9.84 Å². The zero-order valence-electron chi connectivity index (χ0n) is 12.7. The lowest BCUT2D eigenvalue weighted by Crippen LogP contribution is -2.51. The molecule has 0 aromatic rings. The monoisotopic (exact) mass is 318 g/mol. The van der Waals surface area contributed by atoms with E-state index in [-0.39, 0.29) is 24.0 Å². The second-order valence-corrected chi connectivity index (χ2v) is 8.77. The molecule has 21 heavy (non-hydrogen) atoms. The smallest absolute Gasteiger partial charge is 0.234 e. The summed E-state index contributed by atoms with van der Waals surface area (Å²) in [4.78, 5) is 14.3. The minimum atomic E-state index is -3.01. The third-order valence-electron chi connectivity index (χ3n) is 4.49. The number of carbonyl (C=O) groups is 1. The van der Waals surface area contributed by atoms with E-state index in [1.807, 2.05) is 6.92 Å². The van der Waals surface area contributed by atoms with Crippen LogP contribution in [0, 0.1) is 0 Å². The van der Waals surface area contributed by atoms with Crippen molar-refractivity contribution in [2.75, 3.05) is 31.2 Å². The highest BCUT2D eigenvalue weighted by atomic mass is 32.2. The summed E-state index contributed by atoms with van der Waals surface area (Å²) < 4.78 is 23.1. The third kappa shape index (κ3) is 4.66. The molecule has 7 heteroatoms. The van der Waals surface area contributed by atoms with E-state index in [2.05, 4.69) is 10.2 Å². The van der Waals surface area contributed by atoms with Crippen LogP contribution in [0.5, 0.6) is 0 Å². The van der Waals surface area contributed by atoms with Gasteiger partial charge in [0, 0.05) is 12.6 Å². The van der Waals surface area contributed by atoms with E-state index in [4.69, 9.17) is 5.11 Å². The van der Waals surface area contributed by atoms with Crippen LogP contribution in [0.25, 0.3) is 0 Å². The fourth-order valence-corrected chi connectivity index (χ4v) is 5.52. The lowest BCUT2D eigenvalue weighted by Gasteiger charge is -2.28. The Morgan fingerprint density at radius 1 is 1.48 bits per heavy atom. The summed E-state index contributed by atoms with van der Waals surface area (Å²) in [7, 11) is -3.01. The first-order valence-electron chi connectivity index (χ1n) is 7.70. The Balaban J connectivity index is 1.84. The van der Waals surface area contributed by atoms with Crippen molar-refractivity contribution < 1.29 is 18.3 Å². The molecule has 0 aromatic heterocycles. The molecule has 6 nitrogen and oxygen atoms in total. The molecule has 0 bridgehead atoms. The summed E-state index contributed by atoms with van der Waals surface area (Å²) in [6.45, 7) is 3.22. The quantitative estimate of drug-likeness (QED) is 0.715. The molecule has 122 valence electrons. The van der Waals surface area contributed by atoms with Crippen molar-refractivity contribution in [1.82, 2.24) is 10.2 Å². The lowest BCUT2D eigenvalue weighted by atomic mass is 10.0. The van der Waals surface area contributed by atoms with Crippen LogP contribution in [-0.4, -0.2) is 67.1 Å². The van der Waals surface area contributed by atoms with Gasteiger partial charge in [-0.15, -0.1) is 0 Å². The number of hydrogen-bond acceptors (Lipinski definition) is 5. The number of hydrogen-bond donors (Lipinski definition) is 2. The van der Waals surface area contributed by atoms with Gasteiger partial charge >= 0.3 is 0 Å². The van der Waals surface area contributed by atoms with Gasteiger partial charge in [-0.25, -0.2) is 8.42 Å². The molecular weight excluding hydrogens is 292 g/mol. The largest absolute Gasteiger partial charge is 0.396 e. The highest BCUT2D eigenvalue weighted by Gasteiger charge is 2.39. The number of carbonyl (C=O) groups excluding carboxylic acids is 1. The van der Waals surface area contributed by atoms with E-state index in [0.29, 0.717) is 19.0 Å². The van der Waals surface area contributed by atoms with Crippen molar-refractivity contribution in [2.45, 2.75) is 50.6 Å². The minimum Gasteiger partial charge on any atom is -0.396 e. The number of nitrogens with zero attached hydrogens (tertiary/aromatic N) is 1. The highest BCUT2D eigenvalue weighted by Crippen LogP contribution is 2.24. The SMILES string of the molecule is CC1(NC(=O)CN2CCCC2CCCO)CCS(=O)(=O)C1. The van der Waals surface area contributed by atoms with Gasteiger partial charge in [0.2, 0.25) is 5.91 Å². The minimum absolute atomic E-state index is 0.0414. The average molecular weight is 318 g/mol. The van der Waals surface area contributed by atoms with Crippen LogP contribution in [0.4, 0.5) is 0 Å². The molecule has 2 heterocycles. The maximum absolute atomic E-state index is 12.2. The van der Waals surface area contributed by atoms with Crippen LogP contribution in [-0.2, 0) is 14.6 Å². The van der Waals surface area contributed by atoms with Gasteiger partial charge in [-0.05, 0) is 45.6 Å². The predicted molar refractivity (Wildman–Crippen MR) is 80.7 cm³/mol. The Bertz CT molecular complexity index is 479. The molecule has 2 atom stereocenters. The molecule has 0 spiro atoms. The maximum Gasteiger partial charge on any atom is 0.234 e. The first-order chi connectivity index (χ1) is 9.84. The van der Waals surface area contributed by atoms with E-state index < -0.39 is 15.4 Å². The number of sulfone groups is 1. The third-order valence-corrected chi connectivity index (χ3v) is 6.39. The second-order valence-electron chi connectivity index (χ2n) is 6.58. The maximum atomic E-state index is 12.2. The number of nitrogens with one attached hydrogen (secondary N) is 1. The van der Waals surface area contributed by atoms with Crippen molar-refractivity contribution in [1.29, 1.82) is 0 Å². The van der Waals surface area contributed by atoms with Crippen LogP contribution in [0.2, 0.25) is 0 Å². The summed E-state index contributed by atoms with van der Waals surface area (Å²) >= 11 is 0. The molecule has 2 aliphatic rings. The summed E-state index contributed by atoms with van der Waals surface area (Å²) in [5.41, 5.74) is -0.615. The molecule has 2 unspecified atom stereocenters. The highest BCUT2D eigenvalue weighted by molar-refractivity contribution is 7.91. The number of amides is 1. The topological polar surface area (TPSA) is 86.7 Å². The Morgan fingerprint density at radius 2 is 2.24 bits per heavy atom. The van der Waals surface area contributed by atoms with E-state index in [1.165, 1.54) is 0 Å². The molecular formula is C14H26N2O4S. The van der Waals surface area contributed by atoms with Crippen LogP contribution >= 0.6 is 0 Å². The average Bonchev–Trinajstić information content (AvgIpc) is 2.91. The molecule has 0 radical (unpaired) electrons. The fraction of sp³-hybridized carbons (Fsp3) is 0.929. The van der Waals surface area contributed by atoms with E-state index >= 15 is 0 Å². The van der Waals surface area contributed by atoms with Crippen molar-refractivity contribution in [3.63, 3.8) is 0 Å². The van der Waals surface area contributed by atoms with Gasteiger partial charge in [-0.2, -0.15) is 0 Å². The number of rotatable bonds is 6. The Morgan fingerprint density at radius 3 is 2.86 bits per heavy atom. The van der Waals surface area contributed by atoms with Crippen LogP contribution in [0.3, 0.4) is 0 Å². The first-order valence-corrected chi connectivity index (χ1v) is 9.52. The second kappa shape index (κ2) is 6.62. The molecule has 0 aromatic carbocycles. The molecule has 2 fully saturated rings. The van der Waals surface area contributed by atoms with Crippen molar-refractivity contribution in [3.8, 4) is 0 Å². The molecule has 1 amide bonds. The Hall–Kier alpha value is -0.660. The first kappa shape index (κ1) is 16.7. The fourth-order valence-electron chi connectivity index (χ4n) is 3.43. The van der Waals surface area contributed by atoms with Gasteiger partial charge in [0.25, 0.3) is 0 Å². The zero-order valence-corrected chi connectivity index (χ0v) is 13.5. The summed E-state index contributed by atoms with van der Waals surface area (Å²) in [5.74, 6) is 0.109. The molecule has 0 aliphatic carbocycles. The molecule has 2 rings (SSSR count). The summed E-state index contributed by atoms with van der Waals surface area (Å²) in [5, 5.41) is 11.8. The molecule has 2 aliphatic heterocycles. The van der Waals surface area contributed by atoms with Crippen molar-refractivity contribution in [3.05, 3.63) is 0 Å². The Kier molecular flexibility index (Phi) is 5.27. The standard InChI is InChI=1S/C14H26N2O4S/c1-14(6-9-21(19,20)11-14)15-13(18)10-16-7-2-4-12(16)5-3-8-17/h12,17H,2-11H2,1H3,(H,15,18). The summed E-state index contributed by atoms with van der Waals surface area (Å²) in [6, 6.07) is 0.364. The molecule has 0 saturated carbocycles. The number of aliphatic hydroxyl groups is 1. The van der Waals surface area contributed by atoms with Gasteiger partial charge in [0.1, 0.15) is 0 Å². The van der Waals surface area contributed by atoms with Crippen LogP contribution in [0.15, 0.2) is 0 Å². The number of likely N-dealkylation sites (tertiary alicyclic amines) is 1. The summed E-state index contributed by atoms with van der Waals surface area (Å²) in [6.07, 6.45) is 4.32. The predicted octanol–water partition coefficient (Wildman–Crippen LogP) is -0.0833. The number of aliphatic hydroxyl groups excluding tert-OH is 1. The van der Waals surface area contributed by atoms with Gasteiger partial charge in [0.05, 0.1) is 23.6 Å². The van der Waals surface area contributed by atoms with E-state index in [0.717, 1.165) is 32.2 Å². The van der Waals surface area contributed by atoms with Crippen molar-refractivity contribution in [2.24, 2.45) is 0 Å². The van der Waals surface area contributed by atoms with E-state index in [1.54, 1.807) is 0 Å². The van der Waals surface area contributed by atoms with Crippen LogP contribution in [0.1, 0.15) is 39.0 Å². The zero-order chi connectivity index (χ0) is 15.5.